The van der Waals surface area contributed by atoms with E-state index in [-0.39, 0.29) is 151 Å². The minimum Gasteiger partial charge on any atom is -0.293 e. The zero-order valence-corrected chi connectivity index (χ0v) is 55.2. The molecule has 0 atom stereocenters. The molecule has 12 nitrogen and oxygen atoms in total. The number of hydrogen-bond donors (Lipinski definition) is 0. The van der Waals surface area contributed by atoms with Crippen LogP contribution in [0, 0.1) is 123 Å². The first-order valence-electron chi connectivity index (χ1n) is 27.3. The fourth-order valence-electron chi connectivity index (χ4n) is 13.6. The number of ketones is 4. The van der Waals surface area contributed by atoms with Crippen molar-refractivity contribution in [3.05, 3.63) is 205 Å². The fourth-order valence-corrected chi connectivity index (χ4v) is 13.6. The minimum absolute atomic E-state index is 0. The molecule has 0 saturated heterocycles. The van der Waals surface area contributed by atoms with E-state index in [1.165, 1.54) is 0 Å². The Kier molecular flexibility index (Phi) is 14.7. The van der Waals surface area contributed by atoms with Gasteiger partial charge in [-0.2, -0.15) is 24.3 Å². The van der Waals surface area contributed by atoms with Crippen LogP contribution in [-0.2, 0) is 71.8 Å². The Bertz CT molecular complexity index is 4060. The molecule has 4 heterocycles. The Morgan fingerprint density at radius 2 is 0.566 bits per heavy atom. The summed E-state index contributed by atoms with van der Waals surface area (Å²) in [5, 5.41) is 0.643. The molecule has 14 heteroatoms. The number of imide groups is 2. The van der Waals surface area contributed by atoms with Crippen LogP contribution in [0.3, 0.4) is 0 Å². The number of hydrogen-bond acceptors (Lipinski definition) is 10. The molecule has 0 bridgehead atoms. The van der Waals surface area contributed by atoms with Gasteiger partial charge in [-0.3, -0.25) is 58.1 Å². The molecule has 8 aromatic rings. The summed E-state index contributed by atoms with van der Waals surface area (Å²) >= 11 is 0. The number of pyridine rings is 2. The van der Waals surface area contributed by atoms with Gasteiger partial charge in [-0.1, -0.05) is 29.3 Å². The predicted molar refractivity (Wildman–Crippen MR) is 311 cm³/mol. The molecule has 0 spiro atoms. The van der Waals surface area contributed by atoms with E-state index >= 15 is 19.2 Å². The minimum atomic E-state index is -1.23. The Labute approximate surface area is 532 Å². The van der Waals surface area contributed by atoms with Gasteiger partial charge in [-0.15, -0.1) is 23.3 Å². The number of fused-ring (bicyclic) bond motifs is 6. The summed E-state index contributed by atoms with van der Waals surface area (Å²) in [5.41, 5.74) is 17.4. The molecule has 2 aliphatic carbocycles. The average Bonchev–Trinajstić information content (AvgIpc) is 4.30. The molecule has 0 saturated carbocycles. The van der Waals surface area contributed by atoms with E-state index in [2.05, 4.69) is 12.1 Å². The van der Waals surface area contributed by atoms with Crippen LogP contribution in [0.25, 0.3) is 21.8 Å². The van der Waals surface area contributed by atoms with Crippen LogP contribution < -0.4 is 9.80 Å². The molecule has 12 rings (SSSR count). The van der Waals surface area contributed by atoms with E-state index in [0.717, 1.165) is 76.6 Å². The third-order valence-corrected chi connectivity index (χ3v) is 19.6. The van der Waals surface area contributed by atoms with Gasteiger partial charge in [0, 0.05) is 87.7 Å². The molecule has 0 unspecified atom stereocenters. The van der Waals surface area contributed by atoms with Crippen LogP contribution in [0.5, 0.6) is 0 Å². The first kappa shape index (κ1) is 59.5. The summed E-state index contributed by atoms with van der Waals surface area (Å²) in [6.45, 7) is 30.2. The van der Waals surface area contributed by atoms with Crippen molar-refractivity contribution in [2.45, 2.75) is 129 Å². The monoisotopic (exact) mass is 1250 g/mol. The Morgan fingerprint density at radius 1 is 0.337 bits per heavy atom. The zero-order chi connectivity index (χ0) is 58.3. The molecule has 0 fully saturated rings. The quantitative estimate of drug-likeness (QED) is 0.0887. The van der Waals surface area contributed by atoms with Gasteiger partial charge in [0.25, 0.3) is 23.6 Å². The van der Waals surface area contributed by atoms with Crippen LogP contribution in [0.15, 0.2) is 36.4 Å². The summed E-state index contributed by atoms with van der Waals surface area (Å²) in [6, 6.07) is 16.3. The molecule has 6 aromatic carbocycles. The van der Waals surface area contributed by atoms with Gasteiger partial charge in [0.1, 0.15) is 11.8 Å². The molecule has 410 valence electrons. The number of benzene rings is 6. The molecule has 4 aliphatic rings. The first-order valence-corrected chi connectivity index (χ1v) is 27.3. The second-order valence-corrected chi connectivity index (χ2v) is 23.0. The van der Waals surface area contributed by atoms with E-state index < -0.39 is 35.5 Å². The largest absolute Gasteiger partial charge is 0.293 e. The molecular formula is C69H58N4O8Y2-2. The van der Waals surface area contributed by atoms with Crippen LogP contribution in [0.1, 0.15) is 206 Å². The van der Waals surface area contributed by atoms with Gasteiger partial charge in [-0.05, 0) is 222 Å². The topological polar surface area (TPSA) is 169 Å². The van der Waals surface area contributed by atoms with Crippen molar-refractivity contribution in [2.75, 3.05) is 9.80 Å². The van der Waals surface area contributed by atoms with Gasteiger partial charge in [0.05, 0.1) is 33.6 Å². The number of carbonyl (C=O) groups excluding carboxylic acids is 8. The van der Waals surface area contributed by atoms with Gasteiger partial charge < -0.3 is 0 Å². The molecule has 4 amide bonds. The number of Topliss-reactive ketones (excluding diaryl/α,β-unsaturated/α-hetero) is 4. The van der Waals surface area contributed by atoms with Crippen molar-refractivity contribution in [3.63, 3.8) is 0 Å². The Morgan fingerprint density at radius 3 is 0.807 bits per heavy atom. The number of aromatic nitrogens is 2. The molecule has 2 aromatic heterocycles. The summed E-state index contributed by atoms with van der Waals surface area (Å²) in [6.07, 6.45) is -0.113. The molecule has 0 N–H and O–H groups in total. The number of anilines is 2. The van der Waals surface area contributed by atoms with Crippen molar-refractivity contribution in [1.82, 2.24) is 9.97 Å². The van der Waals surface area contributed by atoms with E-state index in [1.807, 2.05) is 111 Å². The standard InChI is InChI=1S/C69H58N4O8.2Y/c1-26-27(2)35(10)51-50(34(26)9)62(74)58(63(51)75)48-23-19-44-46(70-48)21-17-42(60(44)72-66(78)54-38(13)30(5)31(6)39(14)55(54)67(72)79)25-43-18-22-47-45(61(43)73-68(80)56-40(15)32(7)33(8)41(16)57(56)69(73)81)20-24-49(71-47)59-64(76)52-36(11)28(3)29(4)37(12)53(52)65(59)77;;/h17-20,23-24,58-59H,25H2,1-16H3;;/q-2;;. The summed E-state index contributed by atoms with van der Waals surface area (Å²) in [5.74, 6) is -6.12. The van der Waals surface area contributed by atoms with E-state index in [1.54, 1.807) is 36.4 Å². The van der Waals surface area contributed by atoms with Crippen molar-refractivity contribution in [3.8, 4) is 0 Å². The van der Waals surface area contributed by atoms with Crippen molar-refractivity contribution >= 4 is 79.9 Å². The third-order valence-electron chi connectivity index (χ3n) is 19.6. The maximum absolute atomic E-state index is 15.2. The van der Waals surface area contributed by atoms with Crippen molar-refractivity contribution in [1.29, 1.82) is 0 Å². The molecule has 83 heavy (non-hydrogen) atoms. The average molecular weight is 1250 g/mol. The predicted octanol–water partition coefficient (Wildman–Crippen LogP) is 12.8. The molecule has 2 radical (unpaired) electrons. The normalized spacial score (nSPS) is 14.9. The van der Waals surface area contributed by atoms with Crippen LogP contribution in [-0.4, -0.2) is 56.7 Å². The van der Waals surface area contributed by atoms with Gasteiger partial charge in [0.2, 0.25) is 0 Å². The Balaban J connectivity index is 0.00000385. The summed E-state index contributed by atoms with van der Waals surface area (Å²) in [4.78, 5) is 131. The van der Waals surface area contributed by atoms with E-state index in [9.17, 15) is 19.2 Å². The second-order valence-electron chi connectivity index (χ2n) is 23.0. The van der Waals surface area contributed by atoms with E-state index in [0.29, 0.717) is 66.4 Å². The zero-order valence-electron chi connectivity index (χ0n) is 49.5. The third kappa shape index (κ3) is 7.97. The fraction of sp³-hybridized carbons (Fsp3) is 0.275. The van der Waals surface area contributed by atoms with Crippen LogP contribution in [0.4, 0.5) is 11.4 Å². The van der Waals surface area contributed by atoms with E-state index in [4.69, 9.17) is 9.97 Å². The van der Waals surface area contributed by atoms with Gasteiger partial charge in [0.15, 0.2) is 23.1 Å². The van der Waals surface area contributed by atoms with Crippen molar-refractivity contribution in [2.24, 2.45) is 0 Å². The maximum Gasteiger partial charge on any atom is 0.264 e. The Hall–Kier alpha value is -6.69. The number of carbonyl (C=O) groups is 8. The maximum atomic E-state index is 15.2. The van der Waals surface area contributed by atoms with Crippen LogP contribution >= 0.6 is 0 Å². The first-order chi connectivity index (χ1) is 38.2. The number of rotatable bonds is 6. The van der Waals surface area contributed by atoms with Crippen molar-refractivity contribution < 1.29 is 104 Å². The van der Waals surface area contributed by atoms with Gasteiger partial charge in [-0.25, -0.2) is 0 Å². The number of nitrogens with zero attached hydrogens (tertiary/aromatic N) is 4. The number of amides is 4. The molecule has 2 aliphatic heterocycles. The van der Waals surface area contributed by atoms with Gasteiger partial charge >= 0.3 is 0 Å². The van der Waals surface area contributed by atoms with Crippen LogP contribution in [0.2, 0.25) is 0 Å². The summed E-state index contributed by atoms with van der Waals surface area (Å²) < 4.78 is 0. The smallest absolute Gasteiger partial charge is 0.264 e. The SMILES string of the molecule is Cc1c(C)c(C)c2c(c1C)C(=O)C(c1ccc3c(N4C(=O)c5c(C)c(C)c(C)c(C)c5C4=O)c(Cc4c[c-]c5nc(C6C(=O)c7c(C)c(C)c(C)c(C)c7C6=O)ccc5c4N4C(=O)c5c(C)c(C)c(C)c(C)c5C4=O)c[c-]c3n1)C2=O.[Y].[Y]. The second kappa shape index (κ2) is 20.5. The molecular weight excluding hydrogens is 1190 g/mol. The summed E-state index contributed by atoms with van der Waals surface area (Å²) in [7, 11) is 0.